The number of piperidine rings is 1. The molecular formula is C16H31N3O. The van der Waals surface area contributed by atoms with Gasteiger partial charge >= 0.3 is 0 Å². The summed E-state index contributed by atoms with van der Waals surface area (Å²) in [6.45, 7) is 3.82. The Kier molecular flexibility index (Phi) is 5.85. The Morgan fingerprint density at radius 2 is 1.85 bits per heavy atom. The highest BCUT2D eigenvalue weighted by Gasteiger charge is 2.31. The van der Waals surface area contributed by atoms with Crippen LogP contribution in [0.1, 0.15) is 38.5 Å². The molecule has 20 heavy (non-hydrogen) atoms. The van der Waals surface area contributed by atoms with E-state index in [-0.39, 0.29) is 5.92 Å². The van der Waals surface area contributed by atoms with Gasteiger partial charge in [-0.2, -0.15) is 0 Å². The summed E-state index contributed by atoms with van der Waals surface area (Å²) in [6, 6.07) is 0. The second-order valence-corrected chi connectivity index (χ2v) is 7.00. The fraction of sp³-hybridized carbons (Fsp3) is 0.938. The van der Waals surface area contributed by atoms with Crippen LogP contribution in [-0.4, -0.2) is 56.0 Å². The van der Waals surface area contributed by atoms with Gasteiger partial charge in [0.1, 0.15) is 0 Å². The SMILES string of the molecule is CN(C)CC1CCN(C(=O)C2CCCC(CN)C2)CC1. The van der Waals surface area contributed by atoms with Crippen molar-refractivity contribution in [1.82, 2.24) is 9.80 Å². The van der Waals surface area contributed by atoms with Gasteiger partial charge in [0.15, 0.2) is 0 Å². The van der Waals surface area contributed by atoms with Crippen molar-refractivity contribution in [3.05, 3.63) is 0 Å². The lowest BCUT2D eigenvalue weighted by Gasteiger charge is -2.37. The number of carbonyl (C=O) groups excluding carboxylic acids is 1. The second-order valence-electron chi connectivity index (χ2n) is 7.00. The third kappa shape index (κ3) is 4.19. The average Bonchev–Trinajstić information content (AvgIpc) is 2.47. The van der Waals surface area contributed by atoms with E-state index in [2.05, 4.69) is 23.9 Å². The number of likely N-dealkylation sites (tertiary alicyclic amines) is 1. The predicted octanol–water partition coefficient (Wildman–Crippen LogP) is 1.55. The molecule has 0 aromatic carbocycles. The van der Waals surface area contributed by atoms with E-state index in [1.807, 2.05) is 0 Å². The molecule has 1 amide bonds. The molecule has 0 aromatic rings. The van der Waals surface area contributed by atoms with Gasteiger partial charge in [0, 0.05) is 25.6 Å². The molecule has 1 saturated heterocycles. The van der Waals surface area contributed by atoms with Crippen LogP contribution < -0.4 is 5.73 Å². The van der Waals surface area contributed by atoms with Crippen molar-refractivity contribution in [3.63, 3.8) is 0 Å². The molecule has 2 rings (SSSR count). The van der Waals surface area contributed by atoms with Crippen LogP contribution in [0.5, 0.6) is 0 Å². The van der Waals surface area contributed by atoms with Crippen molar-refractivity contribution < 1.29 is 4.79 Å². The van der Waals surface area contributed by atoms with Crippen LogP contribution in [-0.2, 0) is 4.79 Å². The Balaban J connectivity index is 1.79. The van der Waals surface area contributed by atoms with Crippen molar-refractivity contribution in [2.24, 2.45) is 23.5 Å². The van der Waals surface area contributed by atoms with Gasteiger partial charge < -0.3 is 15.5 Å². The van der Waals surface area contributed by atoms with Gasteiger partial charge in [-0.05, 0) is 64.6 Å². The number of nitrogens with two attached hydrogens (primary N) is 1. The van der Waals surface area contributed by atoms with Crippen molar-refractivity contribution in [2.75, 3.05) is 40.3 Å². The summed E-state index contributed by atoms with van der Waals surface area (Å²) in [5, 5.41) is 0. The second kappa shape index (κ2) is 7.41. The monoisotopic (exact) mass is 281 g/mol. The van der Waals surface area contributed by atoms with Gasteiger partial charge in [-0.3, -0.25) is 4.79 Å². The highest BCUT2D eigenvalue weighted by molar-refractivity contribution is 5.79. The first kappa shape index (κ1) is 15.8. The largest absolute Gasteiger partial charge is 0.342 e. The molecule has 2 aliphatic rings. The molecule has 1 aliphatic heterocycles. The zero-order valence-corrected chi connectivity index (χ0v) is 13.2. The molecule has 116 valence electrons. The number of carbonyl (C=O) groups is 1. The Labute approximate surface area is 123 Å². The van der Waals surface area contributed by atoms with Gasteiger partial charge in [0.2, 0.25) is 5.91 Å². The Hall–Kier alpha value is -0.610. The quantitative estimate of drug-likeness (QED) is 0.850. The molecule has 4 nitrogen and oxygen atoms in total. The maximum absolute atomic E-state index is 12.6. The number of hydrogen-bond donors (Lipinski definition) is 1. The summed E-state index contributed by atoms with van der Waals surface area (Å²) in [7, 11) is 4.26. The Morgan fingerprint density at radius 1 is 1.15 bits per heavy atom. The van der Waals surface area contributed by atoms with E-state index < -0.39 is 0 Å². The minimum absolute atomic E-state index is 0.252. The third-order valence-electron chi connectivity index (χ3n) is 5.01. The van der Waals surface area contributed by atoms with E-state index >= 15 is 0 Å². The number of hydrogen-bond acceptors (Lipinski definition) is 3. The smallest absolute Gasteiger partial charge is 0.225 e. The van der Waals surface area contributed by atoms with Crippen molar-refractivity contribution >= 4 is 5.91 Å². The topological polar surface area (TPSA) is 49.6 Å². The van der Waals surface area contributed by atoms with Crippen molar-refractivity contribution in [1.29, 1.82) is 0 Å². The molecule has 0 bridgehead atoms. The lowest BCUT2D eigenvalue weighted by atomic mass is 9.80. The first-order valence-electron chi connectivity index (χ1n) is 8.23. The normalized spacial score (nSPS) is 28.9. The third-order valence-corrected chi connectivity index (χ3v) is 5.01. The summed E-state index contributed by atoms with van der Waals surface area (Å²) in [5.41, 5.74) is 5.78. The number of nitrogens with zero attached hydrogens (tertiary/aromatic N) is 2. The van der Waals surface area contributed by atoms with Gasteiger partial charge in [0.25, 0.3) is 0 Å². The molecule has 1 saturated carbocycles. The molecule has 4 heteroatoms. The minimum atomic E-state index is 0.252. The zero-order chi connectivity index (χ0) is 14.5. The fourth-order valence-corrected chi connectivity index (χ4v) is 3.84. The fourth-order valence-electron chi connectivity index (χ4n) is 3.84. The van der Waals surface area contributed by atoms with E-state index in [4.69, 9.17) is 5.73 Å². The summed E-state index contributed by atoms with van der Waals surface area (Å²) in [4.78, 5) is 17.0. The Bertz CT molecular complexity index is 311. The minimum Gasteiger partial charge on any atom is -0.342 e. The van der Waals surface area contributed by atoms with Crippen molar-refractivity contribution in [2.45, 2.75) is 38.5 Å². The average molecular weight is 281 g/mol. The van der Waals surface area contributed by atoms with Crippen LogP contribution in [0.25, 0.3) is 0 Å². The van der Waals surface area contributed by atoms with Crippen LogP contribution >= 0.6 is 0 Å². The van der Waals surface area contributed by atoms with Gasteiger partial charge in [-0.1, -0.05) is 6.42 Å². The molecule has 1 aliphatic carbocycles. The molecule has 0 radical (unpaired) electrons. The van der Waals surface area contributed by atoms with E-state index in [9.17, 15) is 4.79 Å². The standard InChI is InChI=1S/C16H31N3O/c1-18(2)12-13-6-8-19(9-7-13)16(20)15-5-3-4-14(10-15)11-17/h13-15H,3-12,17H2,1-2H3. The van der Waals surface area contributed by atoms with Gasteiger partial charge in [-0.25, -0.2) is 0 Å². The van der Waals surface area contributed by atoms with Gasteiger partial charge in [-0.15, -0.1) is 0 Å². The molecule has 1 heterocycles. The van der Waals surface area contributed by atoms with E-state index in [0.717, 1.165) is 57.8 Å². The summed E-state index contributed by atoms with van der Waals surface area (Å²) < 4.78 is 0. The van der Waals surface area contributed by atoms with Crippen LogP contribution in [0.15, 0.2) is 0 Å². The maximum atomic E-state index is 12.6. The molecular weight excluding hydrogens is 250 g/mol. The Morgan fingerprint density at radius 3 is 2.45 bits per heavy atom. The molecule has 0 aromatic heterocycles. The number of amides is 1. The van der Waals surface area contributed by atoms with Crippen LogP contribution in [0.2, 0.25) is 0 Å². The first-order valence-corrected chi connectivity index (χ1v) is 8.23. The highest BCUT2D eigenvalue weighted by Crippen LogP contribution is 2.31. The first-order chi connectivity index (χ1) is 9.60. The molecule has 2 atom stereocenters. The number of rotatable bonds is 4. The summed E-state index contributed by atoms with van der Waals surface area (Å²) >= 11 is 0. The van der Waals surface area contributed by atoms with E-state index in [0.29, 0.717) is 11.8 Å². The van der Waals surface area contributed by atoms with Gasteiger partial charge in [0.05, 0.1) is 0 Å². The lowest BCUT2D eigenvalue weighted by Crippen LogP contribution is -2.44. The van der Waals surface area contributed by atoms with Crippen LogP contribution in [0.3, 0.4) is 0 Å². The summed E-state index contributed by atoms with van der Waals surface area (Å²) in [5.74, 6) is 2.00. The lowest BCUT2D eigenvalue weighted by molar-refractivity contribution is -0.138. The van der Waals surface area contributed by atoms with Crippen LogP contribution in [0.4, 0.5) is 0 Å². The summed E-state index contributed by atoms with van der Waals surface area (Å²) in [6.07, 6.45) is 6.81. The molecule has 2 fully saturated rings. The molecule has 2 N–H and O–H groups in total. The van der Waals surface area contributed by atoms with Crippen molar-refractivity contribution in [3.8, 4) is 0 Å². The highest BCUT2D eigenvalue weighted by atomic mass is 16.2. The maximum Gasteiger partial charge on any atom is 0.225 e. The molecule has 2 unspecified atom stereocenters. The zero-order valence-electron chi connectivity index (χ0n) is 13.2. The van der Waals surface area contributed by atoms with Crippen LogP contribution in [0, 0.1) is 17.8 Å². The molecule has 0 spiro atoms. The van der Waals surface area contributed by atoms with E-state index in [1.54, 1.807) is 0 Å². The predicted molar refractivity (Wildman–Crippen MR) is 82.4 cm³/mol. The van der Waals surface area contributed by atoms with E-state index in [1.165, 1.54) is 12.8 Å².